The highest BCUT2D eigenvalue weighted by atomic mass is 16.5. The largest absolute Gasteiger partial charge is 0.411 e. The van der Waals surface area contributed by atoms with Crippen LogP contribution in [0.4, 0.5) is 0 Å². The van der Waals surface area contributed by atoms with Gasteiger partial charge in [0.2, 0.25) is 0 Å². The summed E-state index contributed by atoms with van der Waals surface area (Å²) in [6, 6.07) is 7.80. The predicted octanol–water partition coefficient (Wildman–Crippen LogP) is 3.16. The molecule has 0 unspecified atom stereocenters. The number of hydrogen-bond acceptors (Lipinski definition) is 4. The lowest BCUT2D eigenvalue weighted by atomic mass is 9.96. The van der Waals surface area contributed by atoms with Crippen LogP contribution in [0.5, 0.6) is 0 Å². The van der Waals surface area contributed by atoms with Crippen LogP contribution in [0.25, 0.3) is 0 Å². The van der Waals surface area contributed by atoms with E-state index in [4.69, 9.17) is 15.2 Å². The van der Waals surface area contributed by atoms with Gasteiger partial charge in [-0.05, 0) is 55.9 Å². The van der Waals surface area contributed by atoms with Crippen molar-refractivity contribution in [3.63, 3.8) is 0 Å². The highest BCUT2D eigenvalue weighted by Crippen LogP contribution is 2.21. The molecule has 1 aromatic rings. The van der Waals surface area contributed by atoms with Crippen molar-refractivity contribution in [1.82, 2.24) is 0 Å². The van der Waals surface area contributed by atoms with Gasteiger partial charge in [-0.3, -0.25) is 0 Å². The zero-order chi connectivity index (χ0) is 13.7. The third-order valence-corrected chi connectivity index (χ3v) is 3.60. The zero-order valence-corrected chi connectivity index (χ0v) is 11.1. The molecule has 0 aromatic heterocycles. The summed E-state index contributed by atoms with van der Waals surface area (Å²) in [5, 5.41) is 20.8. The molecule has 1 N–H and O–H groups in total. The van der Waals surface area contributed by atoms with E-state index in [0.29, 0.717) is 12.2 Å². The SMILES string of the molecule is Cc1cc(C#N)ccc1COC1CCC(=NO)CC1. The van der Waals surface area contributed by atoms with E-state index >= 15 is 0 Å². The quantitative estimate of drug-likeness (QED) is 0.669. The summed E-state index contributed by atoms with van der Waals surface area (Å²) < 4.78 is 5.90. The lowest BCUT2D eigenvalue weighted by Crippen LogP contribution is -2.21. The number of aryl methyl sites for hydroxylation is 1. The molecular weight excluding hydrogens is 240 g/mol. The summed E-state index contributed by atoms with van der Waals surface area (Å²) in [6.07, 6.45) is 3.69. The summed E-state index contributed by atoms with van der Waals surface area (Å²) in [5.41, 5.74) is 3.77. The van der Waals surface area contributed by atoms with Crippen LogP contribution in [0, 0.1) is 18.3 Å². The number of benzene rings is 1. The standard InChI is InChI=1S/C15H18N2O2/c1-11-8-12(9-16)2-3-13(11)10-19-15-6-4-14(17-18)5-7-15/h2-3,8,15,18H,4-7,10H2,1H3. The zero-order valence-electron chi connectivity index (χ0n) is 11.1. The van der Waals surface area contributed by atoms with Crippen LogP contribution >= 0.6 is 0 Å². The second kappa shape index (κ2) is 6.35. The smallest absolute Gasteiger partial charge is 0.0991 e. The number of rotatable bonds is 3. The number of nitrogens with zero attached hydrogens (tertiary/aromatic N) is 2. The maximum Gasteiger partial charge on any atom is 0.0991 e. The van der Waals surface area contributed by atoms with E-state index in [9.17, 15) is 0 Å². The van der Waals surface area contributed by atoms with Crippen molar-refractivity contribution in [3.8, 4) is 6.07 Å². The minimum Gasteiger partial charge on any atom is -0.411 e. The molecule has 0 heterocycles. The minimum atomic E-state index is 0.237. The summed E-state index contributed by atoms with van der Waals surface area (Å²) in [7, 11) is 0. The van der Waals surface area contributed by atoms with E-state index < -0.39 is 0 Å². The molecule has 1 saturated carbocycles. The Balaban J connectivity index is 1.88. The molecule has 0 spiro atoms. The van der Waals surface area contributed by atoms with Crippen LogP contribution < -0.4 is 0 Å². The van der Waals surface area contributed by atoms with Crippen LogP contribution in [0.3, 0.4) is 0 Å². The minimum absolute atomic E-state index is 0.237. The first-order valence-corrected chi connectivity index (χ1v) is 6.54. The molecule has 100 valence electrons. The fraction of sp³-hybridized carbons (Fsp3) is 0.467. The van der Waals surface area contributed by atoms with E-state index in [1.54, 1.807) is 0 Å². The summed E-state index contributed by atoms with van der Waals surface area (Å²) in [5.74, 6) is 0. The molecule has 1 aliphatic carbocycles. The molecule has 4 nitrogen and oxygen atoms in total. The van der Waals surface area contributed by atoms with Gasteiger partial charge in [-0.25, -0.2) is 0 Å². The molecule has 0 saturated heterocycles. The first-order valence-electron chi connectivity index (χ1n) is 6.54. The Kier molecular flexibility index (Phi) is 4.53. The van der Waals surface area contributed by atoms with Gasteiger partial charge in [-0.1, -0.05) is 11.2 Å². The number of hydrogen-bond donors (Lipinski definition) is 1. The third kappa shape index (κ3) is 3.55. The van der Waals surface area contributed by atoms with E-state index in [1.165, 1.54) is 0 Å². The Bertz CT molecular complexity index is 507. The third-order valence-electron chi connectivity index (χ3n) is 3.60. The van der Waals surface area contributed by atoms with Crippen LogP contribution in [0.15, 0.2) is 23.4 Å². The number of ether oxygens (including phenoxy) is 1. The highest BCUT2D eigenvalue weighted by Gasteiger charge is 2.18. The fourth-order valence-electron chi connectivity index (χ4n) is 2.33. The van der Waals surface area contributed by atoms with E-state index in [0.717, 1.165) is 42.5 Å². The second-order valence-electron chi connectivity index (χ2n) is 4.93. The van der Waals surface area contributed by atoms with Gasteiger partial charge in [-0.15, -0.1) is 0 Å². The van der Waals surface area contributed by atoms with Gasteiger partial charge in [-0.2, -0.15) is 5.26 Å². The van der Waals surface area contributed by atoms with E-state index in [-0.39, 0.29) is 6.10 Å². The molecule has 0 radical (unpaired) electrons. The van der Waals surface area contributed by atoms with Crippen molar-refractivity contribution in [2.45, 2.75) is 45.3 Å². The van der Waals surface area contributed by atoms with Crippen molar-refractivity contribution in [1.29, 1.82) is 5.26 Å². The van der Waals surface area contributed by atoms with Gasteiger partial charge in [0.15, 0.2) is 0 Å². The van der Waals surface area contributed by atoms with Gasteiger partial charge in [0.25, 0.3) is 0 Å². The second-order valence-corrected chi connectivity index (χ2v) is 4.93. The summed E-state index contributed by atoms with van der Waals surface area (Å²) in [4.78, 5) is 0. The molecular formula is C15H18N2O2. The molecule has 4 heteroatoms. The topological polar surface area (TPSA) is 65.6 Å². The Morgan fingerprint density at radius 3 is 2.74 bits per heavy atom. The number of oxime groups is 1. The first-order chi connectivity index (χ1) is 9.22. The van der Waals surface area contributed by atoms with Gasteiger partial charge >= 0.3 is 0 Å². The van der Waals surface area contributed by atoms with Gasteiger partial charge in [0.05, 0.1) is 30.1 Å². The van der Waals surface area contributed by atoms with Crippen LogP contribution in [-0.2, 0) is 11.3 Å². The lowest BCUT2D eigenvalue weighted by molar-refractivity contribution is 0.0275. The molecule has 1 aliphatic rings. The number of nitriles is 1. The normalized spacial score (nSPS) is 18.9. The molecule has 0 bridgehead atoms. The average molecular weight is 258 g/mol. The van der Waals surface area contributed by atoms with E-state index in [1.807, 2.05) is 25.1 Å². The molecule has 2 rings (SSSR count). The van der Waals surface area contributed by atoms with Crippen molar-refractivity contribution < 1.29 is 9.94 Å². The van der Waals surface area contributed by atoms with Gasteiger partial charge in [0, 0.05) is 0 Å². The Labute approximate surface area is 113 Å². The van der Waals surface area contributed by atoms with Crippen LogP contribution in [0.1, 0.15) is 42.4 Å². The van der Waals surface area contributed by atoms with Gasteiger partial charge < -0.3 is 9.94 Å². The maximum absolute atomic E-state index is 8.82. The van der Waals surface area contributed by atoms with Crippen molar-refractivity contribution in [2.24, 2.45) is 5.16 Å². The van der Waals surface area contributed by atoms with Crippen molar-refractivity contribution >= 4 is 5.71 Å². The first kappa shape index (κ1) is 13.6. The molecule has 1 aromatic carbocycles. The van der Waals surface area contributed by atoms with Crippen LogP contribution in [0.2, 0.25) is 0 Å². The molecule has 1 fully saturated rings. The Morgan fingerprint density at radius 1 is 1.42 bits per heavy atom. The molecule has 0 amide bonds. The monoisotopic (exact) mass is 258 g/mol. The van der Waals surface area contributed by atoms with Crippen LogP contribution in [-0.4, -0.2) is 17.0 Å². The van der Waals surface area contributed by atoms with Crippen molar-refractivity contribution in [3.05, 3.63) is 34.9 Å². The Hall–Kier alpha value is -1.86. The Morgan fingerprint density at radius 2 is 2.16 bits per heavy atom. The van der Waals surface area contributed by atoms with Crippen molar-refractivity contribution in [2.75, 3.05) is 0 Å². The molecule has 0 atom stereocenters. The summed E-state index contributed by atoms with van der Waals surface area (Å²) in [6.45, 7) is 2.57. The lowest BCUT2D eigenvalue weighted by Gasteiger charge is -2.23. The summed E-state index contributed by atoms with van der Waals surface area (Å²) >= 11 is 0. The predicted molar refractivity (Wildman–Crippen MR) is 72.2 cm³/mol. The molecule has 19 heavy (non-hydrogen) atoms. The highest BCUT2D eigenvalue weighted by molar-refractivity contribution is 5.84. The average Bonchev–Trinajstić information content (AvgIpc) is 2.46. The fourth-order valence-corrected chi connectivity index (χ4v) is 2.33. The molecule has 0 aliphatic heterocycles. The van der Waals surface area contributed by atoms with E-state index in [2.05, 4.69) is 11.2 Å². The maximum atomic E-state index is 8.82. The van der Waals surface area contributed by atoms with Gasteiger partial charge in [0.1, 0.15) is 0 Å².